The Morgan fingerprint density at radius 3 is 2.77 bits per heavy atom. The smallest absolute Gasteiger partial charge is 0.277 e. The van der Waals surface area contributed by atoms with Gasteiger partial charge in [0.2, 0.25) is 5.95 Å². The van der Waals surface area contributed by atoms with Crippen LogP contribution in [0.2, 0.25) is 0 Å². The molecule has 6 heterocycles. The quantitative estimate of drug-likeness (QED) is 0.302. The second-order valence-electron chi connectivity index (χ2n) is 10.3. The number of nitrogens with one attached hydrogen (secondary N) is 3. The number of H-pyrrole nitrogens is 1. The van der Waals surface area contributed by atoms with Crippen LogP contribution in [-0.4, -0.2) is 48.7 Å². The number of carbonyl (C=O) groups excluding carboxylic acids is 1. The van der Waals surface area contributed by atoms with Gasteiger partial charge in [0, 0.05) is 60.5 Å². The Labute approximate surface area is 231 Å². The van der Waals surface area contributed by atoms with E-state index >= 15 is 0 Å². The van der Waals surface area contributed by atoms with Gasteiger partial charge in [0.25, 0.3) is 5.91 Å². The van der Waals surface area contributed by atoms with Crippen molar-refractivity contribution in [3.05, 3.63) is 83.1 Å². The van der Waals surface area contributed by atoms with E-state index < -0.39 is 0 Å². The molecule has 3 N–H and O–H groups in total. The van der Waals surface area contributed by atoms with Crippen molar-refractivity contribution >= 4 is 39.8 Å². The number of aryl methyl sites for hydroxylation is 3. The fourth-order valence-corrected chi connectivity index (χ4v) is 5.63. The molecule has 2 aliphatic rings. The number of benzene rings is 1. The van der Waals surface area contributed by atoms with Crippen molar-refractivity contribution in [1.82, 2.24) is 35.0 Å². The molecule has 10 nitrogen and oxygen atoms in total. The van der Waals surface area contributed by atoms with Crippen molar-refractivity contribution in [3.63, 3.8) is 0 Å². The van der Waals surface area contributed by atoms with Crippen LogP contribution in [0.4, 0.5) is 17.5 Å². The third-order valence-electron chi connectivity index (χ3n) is 7.79. The highest BCUT2D eigenvalue weighted by Crippen LogP contribution is 2.39. The van der Waals surface area contributed by atoms with Crippen LogP contribution in [-0.2, 0) is 13.6 Å². The van der Waals surface area contributed by atoms with Crippen LogP contribution < -0.4 is 15.5 Å². The zero-order valence-electron chi connectivity index (χ0n) is 22.6. The molecule has 2 aliphatic heterocycles. The minimum atomic E-state index is -0.0783. The number of rotatable bonds is 5. The maximum Gasteiger partial charge on any atom is 0.277 e. The van der Waals surface area contributed by atoms with E-state index in [2.05, 4.69) is 42.8 Å². The molecule has 0 bridgehead atoms. The van der Waals surface area contributed by atoms with E-state index in [1.54, 1.807) is 10.9 Å². The Hall–Kier alpha value is -4.83. The minimum Gasteiger partial charge on any atom is -0.359 e. The summed E-state index contributed by atoms with van der Waals surface area (Å²) in [5.74, 6) is 1.09. The first kappa shape index (κ1) is 24.2. The molecule has 0 radical (unpaired) electrons. The van der Waals surface area contributed by atoms with E-state index in [9.17, 15) is 4.79 Å². The number of carbonyl (C=O) groups is 1. The van der Waals surface area contributed by atoms with Crippen LogP contribution in [0.5, 0.6) is 0 Å². The highest BCUT2D eigenvalue weighted by molar-refractivity contribution is 6.14. The van der Waals surface area contributed by atoms with Gasteiger partial charge in [-0.2, -0.15) is 5.10 Å². The fourth-order valence-electron chi connectivity index (χ4n) is 5.63. The summed E-state index contributed by atoms with van der Waals surface area (Å²) in [7, 11) is 1.90. The van der Waals surface area contributed by atoms with Gasteiger partial charge in [-0.05, 0) is 55.6 Å². The van der Waals surface area contributed by atoms with Crippen molar-refractivity contribution in [1.29, 1.82) is 0 Å². The lowest BCUT2D eigenvalue weighted by atomic mass is 9.96. The molecule has 0 aliphatic carbocycles. The van der Waals surface area contributed by atoms with Gasteiger partial charge in [-0.15, -0.1) is 0 Å². The summed E-state index contributed by atoms with van der Waals surface area (Å²) >= 11 is 0. The van der Waals surface area contributed by atoms with Crippen LogP contribution in [0.15, 0.2) is 55.0 Å². The van der Waals surface area contributed by atoms with Crippen LogP contribution in [0.1, 0.15) is 39.3 Å². The Balaban J connectivity index is 1.25. The summed E-state index contributed by atoms with van der Waals surface area (Å²) in [5.41, 5.74) is 9.38. The molecule has 0 fully saturated rings. The predicted octanol–water partition coefficient (Wildman–Crippen LogP) is 4.65. The van der Waals surface area contributed by atoms with E-state index in [1.165, 1.54) is 5.57 Å². The van der Waals surface area contributed by atoms with Gasteiger partial charge in [0.15, 0.2) is 5.82 Å². The Bertz CT molecular complexity index is 1810. The number of fused-ring (bicyclic) bond motifs is 2. The number of aromatic nitrogens is 6. The van der Waals surface area contributed by atoms with Gasteiger partial charge in [-0.25, -0.2) is 9.97 Å². The van der Waals surface area contributed by atoms with Gasteiger partial charge < -0.3 is 20.5 Å². The summed E-state index contributed by atoms with van der Waals surface area (Å²) in [6.45, 7) is 6.26. The van der Waals surface area contributed by atoms with Crippen LogP contribution in [0.25, 0.3) is 27.7 Å². The first-order valence-electron chi connectivity index (χ1n) is 13.4. The molecule has 0 saturated heterocycles. The summed E-state index contributed by atoms with van der Waals surface area (Å²) in [6.07, 6.45) is 8.67. The Morgan fingerprint density at radius 2 is 1.98 bits per heavy atom. The van der Waals surface area contributed by atoms with E-state index in [0.29, 0.717) is 24.0 Å². The average molecular weight is 532 g/mol. The minimum absolute atomic E-state index is 0.0783. The summed E-state index contributed by atoms with van der Waals surface area (Å²) < 4.78 is 1.80. The maximum atomic E-state index is 13.6. The molecule has 200 valence electrons. The lowest BCUT2D eigenvalue weighted by Gasteiger charge is -2.18. The average Bonchev–Trinajstić information content (AvgIpc) is 3.65. The maximum absolute atomic E-state index is 13.6. The zero-order chi connectivity index (χ0) is 27.4. The molecule has 0 unspecified atom stereocenters. The van der Waals surface area contributed by atoms with Gasteiger partial charge in [-0.3, -0.25) is 14.5 Å². The normalized spacial score (nSPS) is 15.0. The summed E-state index contributed by atoms with van der Waals surface area (Å²) in [5, 5.41) is 12.0. The van der Waals surface area contributed by atoms with E-state index in [0.717, 1.165) is 69.7 Å². The molecule has 1 aromatic carbocycles. The second kappa shape index (κ2) is 9.42. The number of amides is 1. The van der Waals surface area contributed by atoms with Crippen molar-refractivity contribution in [2.75, 3.05) is 23.3 Å². The monoisotopic (exact) mass is 531 g/mol. The first-order valence-corrected chi connectivity index (χ1v) is 13.4. The van der Waals surface area contributed by atoms with Gasteiger partial charge in [0.1, 0.15) is 5.69 Å². The van der Waals surface area contributed by atoms with Crippen molar-refractivity contribution in [2.45, 2.75) is 26.8 Å². The standard InChI is InChI=1S/C30H29N9O/c1-17-14-34-30(35-25-13-18(2)38(3)37-25)36-26(17)22-15-33-27-21(22)5-4-6-24(27)39-16-23-20(19-7-10-31-11-8-19)9-12-32-28(23)29(39)40/h4-7,9,12-15,31,33H,8,10-11,16H2,1-3H3,(H,34,35,36,37). The lowest BCUT2D eigenvalue weighted by molar-refractivity contribution is 0.0992. The number of hydrogen-bond acceptors (Lipinski definition) is 7. The number of hydrogen-bond donors (Lipinski definition) is 3. The SMILES string of the molecule is Cc1cnc(Nc2cc(C)n(C)n2)nc1-c1c[nH]c2c(N3Cc4c(C5=CCNCC5)ccnc4C3=O)cccc12. The molecule has 4 aromatic heterocycles. The third-order valence-corrected chi connectivity index (χ3v) is 7.79. The molecule has 10 heteroatoms. The first-order chi connectivity index (χ1) is 19.5. The summed E-state index contributed by atoms with van der Waals surface area (Å²) in [4.78, 5) is 32.7. The van der Waals surface area contributed by atoms with Gasteiger partial charge >= 0.3 is 0 Å². The van der Waals surface area contributed by atoms with Crippen LogP contribution >= 0.6 is 0 Å². The molecule has 0 saturated carbocycles. The molecule has 40 heavy (non-hydrogen) atoms. The van der Waals surface area contributed by atoms with E-state index in [-0.39, 0.29) is 5.91 Å². The molecular weight excluding hydrogens is 502 g/mol. The number of aromatic amines is 1. The number of para-hydroxylation sites is 1. The Kier molecular flexibility index (Phi) is 5.71. The second-order valence-corrected chi connectivity index (χ2v) is 10.3. The van der Waals surface area contributed by atoms with Gasteiger partial charge in [0.05, 0.1) is 23.4 Å². The van der Waals surface area contributed by atoms with Crippen molar-refractivity contribution < 1.29 is 4.79 Å². The van der Waals surface area contributed by atoms with E-state index in [1.807, 2.05) is 62.5 Å². The molecular formula is C30H29N9O. The van der Waals surface area contributed by atoms with Crippen LogP contribution in [0, 0.1) is 13.8 Å². The number of anilines is 3. The highest BCUT2D eigenvalue weighted by Gasteiger charge is 2.34. The van der Waals surface area contributed by atoms with Crippen LogP contribution in [0.3, 0.4) is 0 Å². The molecule has 0 atom stereocenters. The number of pyridine rings is 1. The molecule has 0 spiro atoms. The zero-order valence-corrected chi connectivity index (χ0v) is 22.6. The van der Waals surface area contributed by atoms with Gasteiger partial charge in [-0.1, -0.05) is 18.2 Å². The largest absolute Gasteiger partial charge is 0.359 e. The van der Waals surface area contributed by atoms with E-state index in [4.69, 9.17) is 4.98 Å². The molecule has 1 amide bonds. The predicted molar refractivity (Wildman–Crippen MR) is 156 cm³/mol. The lowest BCUT2D eigenvalue weighted by Crippen LogP contribution is -2.23. The Morgan fingerprint density at radius 1 is 1.07 bits per heavy atom. The fraction of sp³-hybridized carbons (Fsp3) is 0.233. The third kappa shape index (κ3) is 3.95. The topological polar surface area (TPSA) is 117 Å². The molecule has 5 aromatic rings. The van der Waals surface area contributed by atoms with Crippen molar-refractivity contribution in [3.8, 4) is 11.3 Å². The molecule has 7 rings (SSSR count). The van der Waals surface area contributed by atoms with Crippen molar-refractivity contribution in [2.24, 2.45) is 7.05 Å². The highest BCUT2D eigenvalue weighted by atomic mass is 16.2. The summed E-state index contributed by atoms with van der Waals surface area (Å²) in [6, 6.07) is 10.0. The number of nitrogens with zero attached hydrogens (tertiary/aromatic N) is 6.